The molecule has 2 N–H and O–H groups in total. The summed E-state index contributed by atoms with van der Waals surface area (Å²) >= 11 is 0. The van der Waals surface area contributed by atoms with E-state index in [-0.39, 0.29) is 17.9 Å². The van der Waals surface area contributed by atoms with Crippen molar-refractivity contribution in [2.24, 2.45) is 11.7 Å². The van der Waals surface area contributed by atoms with Crippen LogP contribution in [0.5, 0.6) is 5.88 Å². The average molecular weight is 434 g/mol. The minimum Gasteiger partial charge on any atom is -0.481 e. The number of halogens is 3. The average Bonchev–Trinajstić information content (AvgIpc) is 2.71. The first-order chi connectivity index (χ1) is 14.6. The maximum Gasteiger partial charge on any atom is 0.408 e. The normalized spacial score (nSPS) is 13.6. The molecular formula is C22H25F3N4O2. The van der Waals surface area contributed by atoms with Gasteiger partial charge in [0.25, 0.3) is 0 Å². The molecule has 2 rings (SSSR count). The molecule has 0 spiro atoms. The molecule has 0 aliphatic heterocycles. The number of nitrogens with zero attached hydrogens (tertiary/aromatic N) is 3. The van der Waals surface area contributed by atoms with E-state index >= 15 is 0 Å². The van der Waals surface area contributed by atoms with Crippen LogP contribution in [0, 0.1) is 17.2 Å². The first kappa shape index (κ1) is 24.2. The van der Waals surface area contributed by atoms with E-state index in [0.717, 1.165) is 4.90 Å². The summed E-state index contributed by atoms with van der Waals surface area (Å²) in [7, 11) is 1.47. The standard InChI is InChI=1S/C22H25F3N4O2/c1-14(2)13-18(21(27)30)29(12-11-26)20(22(23,24)25)16-9-7-15(8-10-16)17-5-4-6-19(28-17)31-3/h4-10,14,18,20H,12-13H2,1-3H3,(H2,27,30)/t18-,20-/m0/s1. The fourth-order valence-corrected chi connectivity index (χ4v) is 3.42. The molecular weight excluding hydrogens is 409 g/mol. The monoisotopic (exact) mass is 434 g/mol. The Kier molecular flexibility index (Phi) is 8.00. The third-order valence-corrected chi connectivity index (χ3v) is 4.77. The predicted molar refractivity (Wildman–Crippen MR) is 110 cm³/mol. The molecule has 1 heterocycles. The van der Waals surface area contributed by atoms with Gasteiger partial charge in [-0.1, -0.05) is 44.2 Å². The van der Waals surface area contributed by atoms with E-state index in [9.17, 15) is 23.2 Å². The topological polar surface area (TPSA) is 92.2 Å². The first-order valence-corrected chi connectivity index (χ1v) is 9.68. The van der Waals surface area contributed by atoms with E-state index < -0.39 is 30.7 Å². The number of ether oxygens (including phenoxy) is 1. The predicted octanol–water partition coefficient (Wildman–Crippen LogP) is 4.09. The van der Waals surface area contributed by atoms with Crippen LogP contribution < -0.4 is 10.5 Å². The molecule has 1 amide bonds. The number of methoxy groups -OCH3 is 1. The number of alkyl halides is 3. The van der Waals surface area contributed by atoms with Crippen molar-refractivity contribution in [1.82, 2.24) is 9.88 Å². The molecule has 1 aromatic carbocycles. The number of nitrogens with two attached hydrogens (primary N) is 1. The number of carbonyl (C=O) groups is 1. The fraction of sp³-hybridized carbons (Fsp3) is 0.409. The number of benzene rings is 1. The van der Waals surface area contributed by atoms with E-state index in [4.69, 9.17) is 10.5 Å². The molecule has 9 heteroatoms. The van der Waals surface area contributed by atoms with Crippen molar-refractivity contribution in [3.8, 4) is 23.2 Å². The van der Waals surface area contributed by atoms with Crippen molar-refractivity contribution < 1.29 is 22.7 Å². The highest BCUT2D eigenvalue weighted by Gasteiger charge is 2.47. The smallest absolute Gasteiger partial charge is 0.408 e. The number of carbonyl (C=O) groups excluding carboxylic acids is 1. The van der Waals surface area contributed by atoms with Gasteiger partial charge in [-0.05, 0) is 24.0 Å². The van der Waals surface area contributed by atoms with Crippen LogP contribution >= 0.6 is 0 Å². The number of primary amides is 1. The number of amides is 1. The second-order valence-corrected chi connectivity index (χ2v) is 7.51. The van der Waals surface area contributed by atoms with Gasteiger partial charge >= 0.3 is 6.18 Å². The Morgan fingerprint density at radius 1 is 1.23 bits per heavy atom. The van der Waals surface area contributed by atoms with E-state index in [0.29, 0.717) is 17.1 Å². The Hall–Kier alpha value is -3.12. The third-order valence-electron chi connectivity index (χ3n) is 4.77. The highest BCUT2D eigenvalue weighted by atomic mass is 19.4. The van der Waals surface area contributed by atoms with Gasteiger partial charge in [0.05, 0.1) is 31.5 Å². The Labute approximate surface area is 179 Å². The van der Waals surface area contributed by atoms with Gasteiger partial charge in [0.15, 0.2) is 0 Å². The van der Waals surface area contributed by atoms with Crippen molar-refractivity contribution in [3.05, 3.63) is 48.0 Å². The number of pyridine rings is 1. The number of nitriles is 1. The van der Waals surface area contributed by atoms with Crippen LogP contribution in [0.4, 0.5) is 13.2 Å². The van der Waals surface area contributed by atoms with Crippen LogP contribution in [-0.4, -0.2) is 41.7 Å². The van der Waals surface area contributed by atoms with E-state index in [1.54, 1.807) is 38.1 Å². The highest BCUT2D eigenvalue weighted by Crippen LogP contribution is 2.40. The summed E-state index contributed by atoms with van der Waals surface area (Å²) in [5.74, 6) is -0.600. The van der Waals surface area contributed by atoms with Crippen molar-refractivity contribution in [2.45, 2.75) is 38.5 Å². The molecule has 0 fully saturated rings. The van der Waals surface area contributed by atoms with Crippen LogP contribution in [0.25, 0.3) is 11.3 Å². The van der Waals surface area contributed by atoms with Gasteiger partial charge in [0, 0.05) is 11.6 Å². The third kappa shape index (κ3) is 6.18. The zero-order valence-electron chi connectivity index (χ0n) is 17.6. The summed E-state index contributed by atoms with van der Waals surface area (Å²) in [4.78, 5) is 17.1. The molecule has 0 aliphatic carbocycles. The summed E-state index contributed by atoms with van der Waals surface area (Å²) in [6, 6.07) is 9.14. The van der Waals surface area contributed by atoms with E-state index in [1.165, 1.54) is 31.4 Å². The summed E-state index contributed by atoms with van der Waals surface area (Å²) < 4.78 is 47.5. The molecule has 31 heavy (non-hydrogen) atoms. The van der Waals surface area contributed by atoms with Crippen LogP contribution in [0.1, 0.15) is 31.9 Å². The van der Waals surface area contributed by atoms with Gasteiger partial charge < -0.3 is 10.5 Å². The lowest BCUT2D eigenvalue weighted by atomic mass is 9.96. The minimum absolute atomic E-state index is 0.0888. The lowest BCUT2D eigenvalue weighted by molar-refractivity contribution is -0.192. The summed E-state index contributed by atoms with van der Waals surface area (Å²) in [5, 5.41) is 9.17. The van der Waals surface area contributed by atoms with Gasteiger partial charge in [-0.25, -0.2) is 4.98 Å². The van der Waals surface area contributed by atoms with Crippen LogP contribution in [0.3, 0.4) is 0 Å². The molecule has 2 aromatic rings. The van der Waals surface area contributed by atoms with Gasteiger partial charge in [0.2, 0.25) is 11.8 Å². The molecule has 0 bridgehead atoms. The summed E-state index contributed by atoms with van der Waals surface area (Å²) in [6.45, 7) is 2.96. The Bertz CT molecular complexity index is 924. The Balaban J connectivity index is 2.49. The molecule has 2 atom stereocenters. The maximum absolute atomic E-state index is 14.1. The van der Waals surface area contributed by atoms with Crippen molar-refractivity contribution in [3.63, 3.8) is 0 Å². The number of hydrogen-bond donors (Lipinski definition) is 1. The molecule has 0 saturated heterocycles. The quantitative estimate of drug-likeness (QED) is 0.600. The molecule has 6 nitrogen and oxygen atoms in total. The van der Waals surface area contributed by atoms with Crippen molar-refractivity contribution >= 4 is 5.91 Å². The summed E-state index contributed by atoms with van der Waals surface area (Å²) in [5.41, 5.74) is 6.47. The number of aromatic nitrogens is 1. The minimum atomic E-state index is -4.72. The fourth-order valence-electron chi connectivity index (χ4n) is 3.42. The second-order valence-electron chi connectivity index (χ2n) is 7.51. The molecule has 1 aromatic heterocycles. The maximum atomic E-state index is 14.1. The zero-order chi connectivity index (χ0) is 23.2. The van der Waals surface area contributed by atoms with Gasteiger partial charge in [-0.15, -0.1) is 0 Å². The number of rotatable bonds is 9. The largest absolute Gasteiger partial charge is 0.481 e. The zero-order valence-corrected chi connectivity index (χ0v) is 17.6. The van der Waals surface area contributed by atoms with Crippen LogP contribution in [-0.2, 0) is 4.79 Å². The second kappa shape index (κ2) is 10.3. The highest BCUT2D eigenvalue weighted by molar-refractivity contribution is 5.80. The van der Waals surface area contributed by atoms with E-state index in [1.807, 2.05) is 0 Å². The van der Waals surface area contributed by atoms with Crippen LogP contribution in [0.15, 0.2) is 42.5 Å². The van der Waals surface area contributed by atoms with Gasteiger partial charge in [-0.2, -0.15) is 18.4 Å². The Morgan fingerprint density at radius 3 is 2.35 bits per heavy atom. The first-order valence-electron chi connectivity index (χ1n) is 9.68. The summed E-state index contributed by atoms with van der Waals surface area (Å²) in [6.07, 6.45) is -4.62. The number of hydrogen-bond acceptors (Lipinski definition) is 5. The SMILES string of the molecule is COc1cccc(-c2ccc([C@H](N(CC#N)[C@@H](CC(C)C)C(N)=O)C(F)(F)F)cc2)n1. The van der Waals surface area contributed by atoms with E-state index in [2.05, 4.69) is 4.98 Å². The lowest BCUT2D eigenvalue weighted by Gasteiger charge is -2.37. The van der Waals surface area contributed by atoms with Crippen molar-refractivity contribution in [2.75, 3.05) is 13.7 Å². The molecule has 166 valence electrons. The van der Waals surface area contributed by atoms with Crippen molar-refractivity contribution in [1.29, 1.82) is 5.26 Å². The Morgan fingerprint density at radius 2 is 1.87 bits per heavy atom. The van der Waals surface area contributed by atoms with Gasteiger partial charge in [0.1, 0.15) is 6.04 Å². The molecule has 0 saturated carbocycles. The van der Waals surface area contributed by atoms with Crippen LogP contribution in [0.2, 0.25) is 0 Å². The van der Waals surface area contributed by atoms with Gasteiger partial charge in [-0.3, -0.25) is 9.69 Å². The lowest BCUT2D eigenvalue weighted by Crippen LogP contribution is -2.51. The molecule has 0 unspecified atom stereocenters. The molecule has 0 aliphatic rings. The molecule has 0 radical (unpaired) electrons.